The van der Waals surface area contributed by atoms with E-state index in [1.807, 2.05) is 35.2 Å². The maximum Gasteiger partial charge on any atom is 0.243 e. The zero-order chi connectivity index (χ0) is 22.1. The summed E-state index contributed by atoms with van der Waals surface area (Å²) in [5, 5.41) is 7.00. The molecule has 1 aliphatic heterocycles. The van der Waals surface area contributed by atoms with Crippen molar-refractivity contribution >= 4 is 40.4 Å². The van der Waals surface area contributed by atoms with Gasteiger partial charge in [0, 0.05) is 28.4 Å². The van der Waals surface area contributed by atoms with Crippen molar-refractivity contribution in [2.45, 2.75) is 25.3 Å². The van der Waals surface area contributed by atoms with Crippen LogP contribution < -0.4 is 15.5 Å². The fraction of sp³-hybridized carbons (Fsp3) is 0.200. The molecule has 2 aliphatic rings. The number of carbonyl (C=O) groups is 2. The number of Topliss-reactive ketones (excluding diaryl/α,β-unsaturated/α-hetero) is 1. The summed E-state index contributed by atoms with van der Waals surface area (Å²) in [5.74, 6) is 0.507. The highest BCUT2D eigenvalue weighted by molar-refractivity contribution is 6.30. The van der Waals surface area contributed by atoms with Crippen LogP contribution in [0.15, 0.2) is 82.6 Å². The molecule has 32 heavy (non-hydrogen) atoms. The van der Waals surface area contributed by atoms with Crippen molar-refractivity contribution in [3.8, 4) is 0 Å². The first-order valence-corrected chi connectivity index (χ1v) is 11.0. The molecule has 0 spiro atoms. The number of ketones is 1. The Morgan fingerprint density at radius 2 is 1.91 bits per heavy atom. The number of halogens is 1. The number of benzene rings is 2. The molecule has 0 bridgehead atoms. The van der Waals surface area contributed by atoms with Crippen LogP contribution in [-0.4, -0.2) is 18.2 Å². The topological polar surface area (TPSA) is 74.6 Å². The second kappa shape index (κ2) is 8.55. The molecule has 2 heterocycles. The first kappa shape index (κ1) is 20.4. The van der Waals surface area contributed by atoms with E-state index in [2.05, 4.69) is 10.6 Å². The number of nitrogens with one attached hydrogen (secondary N) is 2. The Morgan fingerprint density at radius 1 is 1.09 bits per heavy atom. The Kier molecular flexibility index (Phi) is 5.45. The summed E-state index contributed by atoms with van der Waals surface area (Å²) in [6, 6.07) is 17.9. The monoisotopic (exact) mass is 447 g/mol. The molecule has 0 unspecified atom stereocenters. The van der Waals surface area contributed by atoms with Gasteiger partial charge in [-0.2, -0.15) is 0 Å². The number of rotatable bonds is 4. The average Bonchev–Trinajstić information content (AvgIpc) is 3.27. The summed E-state index contributed by atoms with van der Waals surface area (Å²) in [6.07, 6.45) is 3.66. The number of hydrogen-bond donors (Lipinski definition) is 2. The third-order valence-corrected chi connectivity index (χ3v) is 6.05. The minimum absolute atomic E-state index is 0.0384. The van der Waals surface area contributed by atoms with Gasteiger partial charge in [0.15, 0.2) is 5.78 Å². The predicted octanol–water partition coefficient (Wildman–Crippen LogP) is 5.55. The van der Waals surface area contributed by atoms with Gasteiger partial charge in [-0.15, -0.1) is 0 Å². The maximum absolute atomic E-state index is 13.1. The largest absolute Gasteiger partial charge is 0.467 e. The van der Waals surface area contributed by atoms with Crippen LogP contribution in [0.3, 0.4) is 0 Å². The van der Waals surface area contributed by atoms with Crippen LogP contribution in [0.1, 0.15) is 31.1 Å². The van der Waals surface area contributed by atoms with Crippen molar-refractivity contribution in [1.29, 1.82) is 0 Å². The molecule has 2 N–H and O–H groups in total. The van der Waals surface area contributed by atoms with Crippen LogP contribution in [0.5, 0.6) is 0 Å². The molecule has 2 aromatic carbocycles. The zero-order valence-corrected chi connectivity index (χ0v) is 18.1. The van der Waals surface area contributed by atoms with Crippen LogP contribution in [0, 0.1) is 0 Å². The van der Waals surface area contributed by atoms with E-state index >= 15 is 0 Å². The van der Waals surface area contributed by atoms with Gasteiger partial charge in [0.05, 0.1) is 24.2 Å². The molecule has 1 aromatic heterocycles. The number of amides is 1. The van der Waals surface area contributed by atoms with Crippen molar-refractivity contribution in [2.75, 3.05) is 22.1 Å². The molecule has 1 aliphatic carbocycles. The Morgan fingerprint density at radius 3 is 2.69 bits per heavy atom. The molecular weight excluding hydrogens is 426 g/mol. The second-order valence-corrected chi connectivity index (χ2v) is 8.35. The molecule has 3 aromatic rings. The molecular formula is C25H22ClN3O3. The van der Waals surface area contributed by atoms with E-state index in [0.29, 0.717) is 28.5 Å². The van der Waals surface area contributed by atoms with Crippen LogP contribution in [0.25, 0.3) is 0 Å². The van der Waals surface area contributed by atoms with Crippen LogP contribution in [0.2, 0.25) is 5.02 Å². The Bertz CT molecular complexity index is 1190. The highest BCUT2D eigenvalue weighted by Gasteiger charge is 2.38. The third-order valence-electron chi connectivity index (χ3n) is 5.79. The fourth-order valence-corrected chi connectivity index (χ4v) is 4.53. The number of hydrogen-bond acceptors (Lipinski definition) is 5. The van der Waals surface area contributed by atoms with Gasteiger partial charge in [-0.05, 0) is 61.4 Å². The van der Waals surface area contributed by atoms with E-state index in [9.17, 15) is 9.59 Å². The van der Waals surface area contributed by atoms with Gasteiger partial charge in [-0.3, -0.25) is 9.59 Å². The average molecular weight is 448 g/mol. The molecule has 6 nitrogen and oxygen atoms in total. The van der Waals surface area contributed by atoms with Gasteiger partial charge in [-0.1, -0.05) is 23.7 Å². The van der Waals surface area contributed by atoms with E-state index < -0.39 is 6.04 Å². The minimum Gasteiger partial charge on any atom is -0.467 e. The molecule has 1 amide bonds. The van der Waals surface area contributed by atoms with Crippen molar-refractivity contribution < 1.29 is 14.0 Å². The zero-order valence-electron chi connectivity index (χ0n) is 17.3. The van der Waals surface area contributed by atoms with Gasteiger partial charge >= 0.3 is 0 Å². The lowest BCUT2D eigenvalue weighted by Gasteiger charge is -2.33. The Labute approximate surface area is 190 Å². The molecule has 0 radical (unpaired) electrons. The summed E-state index contributed by atoms with van der Waals surface area (Å²) < 4.78 is 5.78. The van der Waals surface area contributed by atoms with Crippen LogP contribution in [0.4, 0.5) is 17.1 Å². The smallest absolute Gasteiger partial charge is 0.243 e. The highest BCUT2D eigenvalue weighted by atomic mass is 35.5. The predicted molar refractivity (Wildman–Crippen MR) is 125 cm³/mol. The molecule has 0 saturated carbocycles. The first-order chi connectivity index (χ1) is 15.6. The SMILES string of the molecule is O=C(CN1c2ccccc2NC2=C(C(=O)CCC2)[C@H]1c1ccco1)Nc1ccc(Cl)cc1. The number of carbonyl (C=O) groups excluding carboxylic acids is 2. The summed E-state index contributed by atoms with van der Waals surface area (Å²) in [7, 11) is 0. The maximum atomic E-state index is 13.1. The lowest BCUT2D eigenvalue weighted by atomic mass is 9.88. The number of allylic oxidation sites excluding steroid dienone is 1. The molecule has 1 atom stereocenters. The summed E-state index contributed by atoms with van der Waals surface area (Å²) >= 11 is 5.96. The summed E-state index contributed by atoms with van der Waals surface area (Å²) in [6.45, 7) is 0.0384. The second-order valence-electron chi connectivity index (χ2n) is 7.91. The van der Waals surface area contributed by atoms with E-state index in [1.54, 1.807) is 36.6 Å². The van der Waals surface area contributed by atoms with Gasteiger partial charge in [-0.25, -0.2) is 0 Å². The Balaban J connectivity index is 1.57. The summed E-state index contributed by atoms with van der Waals surface area (Å²) in [4.78, 5) is 28.2. The number of para-hydroxylation sites is 2. The van der Waals surface area contributed by atoms with E-state index in [0.717, 1.165) is 29.9 Å². The minimum atomic E-state index is -0.500. The number of furan rings is 1. The molecule has 5 rings (SSSR count). The third kappa shape index (κ3) is 3.89. The van der Waals surface area contributed by atoms with Gasteiger partial charge in [0.25, 0.3) is 0 Å². The molecule has 0 saturated heterocycles. The Hall–Kier alpha value is -3.51. The van der Waals surface area contributed by atoms with Crippen LogP contribution >= 0.6 is 11.6 Å². The van der Waals surface area contributed by atoms with Crippen molar-refractivity contribution in [3.05, 3.63) is 89.0 Å². The number of anilines is 3. The normalized spacial score (nSPS) is 17.8. The lowest BCUT2D eigenvalue weighted by molar-refractivity contribution is -0.117. The van der Waals surface area contributed by atoms with E-state index in [-0.39, 0.29) is 18.2 Å². The number of fused-ring (bicyclic) bond motifs is 1. The molecule has 162 valence electrons. The molecule has 7 heteroatoms. The van der Waals surface area contributed by atoms with Gasteiger partial charge in [0.1, 0.15) is 11.8 Å². The quantitative estimate of drug-likeness (QED) is 0.548. The van der Waals surface area contributed by atoms with E-state index in [4.69, 9.17) is 16.0 Å². The van der Waals surface area contributed by atoms with Gasteiger partial charge < -0.3 is 20.0 Å². The standard InChI is InChI=1S/C25H22ClN3O3/c26-16-10-12-17(13-11-16)27-23(31)15-29-20-7-2-1-5-18(20)28-19-6-3-8-21(30)24(19)25(29)22-9-4-14-32-22/h1-2,4-5,7,9-14,25,28H,3,6,8,15H2,(H,27,31)/t25-/m1/s1. The lowest BCUT2D eigenvalue weighted by Crippen LogP contribution is -2.38. The molecule has 0 fully saturated rings. The van der Waals surface area contributed by atoms with Crippen molar-refractivity contribution in [3.63, 3.8) is 0 Å². The van der Waals surface area contributed by atoms with Crippen LogP contribution in [-0.2, 0) is 9.59 Å². The van der Waals surface area contributed by atoms with E-state index in [1.165, 1.54) is 0 Å². The fourth-order valence-electron chi connectivity index (χ4n) is 4.41. The van der Waals surface area contributed by atoms with Crippen molar-refractivity contribution in [1.82, 2.24) is 0 Å². The summed E-state index contributed by atoms with van der Waals surface area (Å²) in [5.41, 5.74) is 3.92. The first-order valence-electron chi connectivity index (χ1n) is 10.6. The number of nitrogens with zero attached hydrogens (tertiary/aromatic N) is 1. The van der Waals surface area contributed by atoms with Crippen molar-refractivity contribution in [2.24, 2.45) is 0 Å². The van der Waals surface area contributed by atoms with Gasteiger partial charge in [0.2, 0.25) is 5.91 Å². The highest BCUT2D eigenvalue weighted by Crippen LogP contribution is 2.44.